The first kappa shape index (κ1) is 13.7. The maximum atomic E-state index is 9.69. The van der Waals surface area contributed by atoms with Crippen molar-refractivity contribution in [2.24, 2.45) is 5.92 Å². The summed E-state index contributed by atoms with van der Waals surface area (Å²) in [7, 11) is 0. The van der Waals surface area contributed by atoms with Crippen molar-refractivity contribution in [3.63, 3.8) is 0 Å². The molecule has 0 aliphatic carbocycles. The van der Waals surface area contributed by atoms with Crippen LogP contribution >= 0.6 is 11.8 Å². The minimum Gasteiger partial charge on any atom is -0.396 e. The lowest BCUT2D eigenvalue weighted by molar-refractivity contribution is 0.212. The molecule has 2 aromatic rings. The van der Waals surface area contributed by atoms with Crippen molar-refractivity contribution in [1.82, 2.24) is 0 Å². The van der Waals surface area contributed by atoms with Crippen LogP contribution in [0.1, 0.15) is 23.5 Å². The summed E-state index contributed by atoms with van der Waals surface area (Å²) in [6.07, 6.45) is 2.05. The molecule has 1 aliphatic rings. The molecule has 0 spiro atoms. The summed E-state index contributed by atoms with van der Waals surface area (Å²) in [5.74, 6) is 2.11. The molecular weight excluding hydrogens is 264 g/mol. The molecular formula is C18H20OS. The van der Waals surface area contributed by atoms with Crippen LogP contribution in [0.2, 0.25) is 0 Å². The molecule has 20 heavy (non-hydrogen) atoms. The lowest BCUT2D eigenvalue weighted by Gasteiger charge is -2.19. The number of thioether (sulfide) groups is 1. The van der Waals surface area contributed by atoms with Crippen LogP contribution in [0.5, 0.6) is 0 Å². The van der Waals surface area contributed by atoms with E-state index in [1.165, 1.54) is 16.0 Å². The summed E-state index contributed by atoms with van der Waals surface area (Å²) in [5.41, 5.74) is 2.80. The molecule has 1 nitrogen and oxygen atoms in total. The highest BCUT2D eigenvalue weighted by molar-refractivity contribution is 7.99. The molecule has 1 N–H and O–H groups in total. The van der Waals surface area contributed by atoms with Crippen LogP contribution in [0.4, 0.5) is 0 Å². The topological polar surface area (TPSA) is 20.2 Å². The van der Waals surface area contributed by atoms with E-state index in [4.69, 9.17) is 0 Å². The number of aliphatic hydroxyl groups excluding tert-OH is 1. The SMILES string of the molecule is OCC(Cc1ccccc1)CC1CSc2ccccc21. The van der Waals surface area contributed by atoms with Gasteiger partial charge in [-0.25, -0.2) is 0 Å². The van der Waals surface area contributed by atoms with E-state index >= 15 is 0 Å². The van der Waals surface area contributed by atoms with Gasteiger partial charge in [-0.2, -0.15) is 0 Å². The summed E-state index contributed by atoms with van der Waals surface area (Å²) in [5, 5.41) is 9.69. The number of benzene rings is 2. The average molecular weight is 284 g/mol. The van der Waals surface area contributed by atoms with E-state index in [0.29, 0.717) is 11.8 Å². The minimum atomic E-state index is 0.276. The molecule has 1 heterocycles. The summed E-state index contributed by atoms with van der Waals surface area (Å²) >= 11 is 1.95. The summed E-state index contributed by atoms with van der Waals surface area (Å²) in [6.45, 7) is 0.276. The second-order valence-electron chi connectivity index (χ2n) is 5.52. The summed E-state index contributed by atoms with van der Waals surface area (Å²) < 4.78 is 0. The van der Waals surface area contributed by atoms with Gasteiger partial charge in [0.05, 0.1) is 0 Å². The molecule has 0 saturated carbocycles. The Labute approximate surface area is 125 Å². The fourth-order valence-corrected chi connectivity index (χ4v) is 4.27. The second-order valence-corrected chi connectivity index (χ2v) is 6.58. The maximum Gasteiger partial charge on any atom is 0.0462 e. The van der Waals surface area contributed by atoms with Crippen LogP contribution in [0.15, 0.2) is 59.5 Å². The van der Waals surface area contributed by atoms with Crippen LogP contribution in [0.3, 0.4) is 0 Å². The highest BCUT2D eigenvalue weighted by Gasteiger charge is 2.25. The molecule has 0 aromatic heterocycles. The molecule has 3 rings (SSSR count). The molecule has 2 heteroatoms. The standard InChI is InChI=1S/C18H20OS/c19-12-15(10-14-6-2-1-3-7-14)11-16-13-20-18-9-5-4-8-17(16)18/h1-9,15-16,19H,10-13H2. The minimum absolute atomic E-state index is 0.276. The zero-order valence-electron chi connectivity index (χ0n) is 11.5. The normalized spacial score (nSPS) is 18.8. The van der Waals surface area contributed by atoms with E-state index in [0.717, 1.165) is 18.6 Å². The molecule has 0 saturated heterocycles. The first-order valence-electron chi connectivity index (χ1n) is 7.23. The van der Waals surface area contributed by atoms with Gasteiger partial charge in [0.25, 0.3) is 0 Å². The Morgan fingerprint density at radius 3 is 2.60 bits per heavy atom. The number of aliphatic hydroxyl groups is 1. The number of rotatable bonds is 5. The first-order chi connectivity index (χ1) is 9.86. The van der Waals surface area contributed by atoms with Crippen molar-refractivity contribution < 1.29 is 5.11 Å². The van der Waals surface area contributed by atoms with Crippen molar-refractivity contribution >= 4 is 11.8 Å². The van der Waals surface area contributed by atoms with Gasteiger partial charge < -0.3 is 5.11 Å². The third-order valence-corrected chi connectivity index (χ3v) is 5.29. The Balaban J connectivity index is 1.67. The van der Waals surface area contributed by atoms with E-state index in [2.05, 4.69) is 48.5 Å². The Morgan fingerprint density at radius 2 is 1.80 bits per heavy atom. The molecule has 0 fully saturated rings. The fourth-order valence-electron chi connectivity index (χ4n) is 3.00. The van der Waals surface area contributed by atoms with E-state index in [1.807, 2.05) is 17.8 Å². The molecule has 0 amide bonds. The molecule has 104 valence electrons. The van der Waals surface area contributed by atoms with E-state index < -0.39 is 0 Å². The highest BCUT2D eigenvalue weighted by atomic mass is 32.2. The number of hydrogen-bond acceptors (Lipinski definition) is 2. The van der Waals surface area contributed by atoms with Crippen LogP contribution in [0.25, 0.3) is 0 Å². The third kappa shape index (κ3) is 3.08. The van der Waals surface area contributed by atoms with Crippen LogP contribution in [-0.2, 0) is 6.42 Å². The van der Waals surface area contributed by atoms with Gasteiger partial charge in [0, 0.05) is 17.3 Å². The second kappa shape index (κ2) is 6.47. The van der Waals surface area contributed by atoms with E-state index in [1.54, 1.807) is 0 Å². The fraction of sp³-hybridized carbons (Fsp3) is 0.333. The van der Waals surface area contributed by atoms with Gasteiger partial charge >= 0.3 is 0 Å². The van der Waals surface area contributed by atoms with Gasteiger partial charge in [0.15, 0.2) is 0 Å². The van der Waals surface area contributed by atoms with Crippen molar-refractivity contribution in [3.05, 3.63) is 65.7 Å². The third-order valence-electron chi connectivity index (χ3n) is 4.04. The van der Waals surface area contributed by atoms with Gasteiger partial charge in [0.1, 0.15) is 0 Å². The van der Waals surface area contributed by atoms with Crippen LogP contribution < -0.4 is 0 Å². The van der Waals surface area contributed by atoms with Crippen molar-refractivity contribution in [2.75, 3.05) is 12.4 Å². The smallest absolute Gasteiger partial charge is 0.0462 e. The van der Waals surface area contributed by atoms with Crippen molar-refractivity contribution in [2.45, 2.75) is 23.7 Å². The van der Waals surface area contributed by atoms with Crippen molar-refractivity contribution in [3.8, 4) is 0 Å². The van der Waals surface area contributed by atoms with Crippen molar-refractivity contribution in [1.29, 1.82) is 0 Å². The Kier molecular flexibility index (Phi) is 4.44. The quantitative estimate of drug-likeness (QED) is 0.891. The monoisotopic (exact) mass is 284 g/mol. The highest BCUT2D eigenvalue weighted by Crippen LogP contribution is 2.42. The molecule has 0 bridgehead atoms. The number of hydrogen-bond donors (Lipinski definition) is 1. The molecule has 1 aliphatic heterocycles. The van der Waals surface area contributed by atoms with Crippen LogP contribution in [0, 0.1) is 5.92 Å². The van der Waals surface area contributed by atoms with Gasteiger partial charge in [0.2, 0.25) is 0 Å². The summed E-state index contributed by atoms with van der Waals surface area (Å²) in [4.78, 5) is 1.42. The maximum absolute atomic E-state index is 9.69. The predicted molar refractivity (Wildman–Crippen MR) is 85.2 cm³/mol. The first-order valence-corrected chi connectivity index (χ1v) is 8.22. The Morgan fingerprint density at radius 1 is 1.05 bits per heavy atom. The van der Waals surface area contributed by atoms with E-state index in [9.17, 15) is 5.11 Å². The zero-order chi connectivity index (χ0) is 13.8. The Hall–Kier alpha value is -1.25. The van der Waals surface area contributed by atoms with Gasteiger partial charge in [-0.1, -0.05) is 48.5 Å². The zero-order valence-corrected chi connectivity index (χ0v) is 12.4. The molecule has 2 unspecified atom stereocenters. The lowest BCUT2D eigenvalue weighted by Crippen LogP contribution is -2.14. The lowest BCUT2D eigenvalue weighted by atomic mass is 9.87. The largest absolute Gasteiger partial charge is 0.396 e. The van der Waals surface area contributed by atoms with E-state index in [-0.39, 0.29) is 6.61 Å². The molecule has 2 atom stereocenters. The molecule has 2 aromatic carbocycles. The van der Waals surface area contributed by atoms with Gasteiger partial charge in [-0.3, -0.25) is 0 Å². The Bertz CT molecular complexity index is 552. The predicted octanol–water partition coefficient (Wildman–Crippen LogP) is 4.12. The average Bonchev–Trinajstić information content (AvgIpc) is 2.91. The summed E-state index contributed by atoms with van der Waals surface area (Å²) in [6, 6.07) is 19.2. The number of fused-ring (bicyclic) bond motifs is 1. The van der Waals surface area contributed by atoms with Gasteiger partial charge in [-0.05, 0) is 41.9 Å². The van der Waals surface area contributed by atoms with Crippen LogP contribution in [-0.4, -0.2) is 17.5 Å². The molecule has 0 radical (unpaired) electrons. The van der Waals surface area contributed by atoms with Gasteiger partial charge in [-0.15, -0.1) is 11.8 Å².